The maximum atomic E-state index is 16.6. The van der Waals surface area contributed by atoms with Gasteiger partial charge in [-0.05, 0) is 43.4 Å². The number of alkyl halides is 1. The quantitative estimate of drug-likeness (QED) is 0.374. The number of H-pyrrole nitrogens is 1. The average Bonchev–Trinajstić information content (AvgIpc) is 3.79. The number of para-hydroxylation sites is 1. The molecule has 2 aliphatic carbocycles. The van der Waals surface area contributed by atoms with E-state index in [0.717, 1.165) is 48.6 Å². The van der Waals surface area contributed by atoms with Gasteiger partial charge in [-0.1, -0.05) is 31.0 Å². The molecule has 3 aromatic rings. The molecular weight excluding hydrogens is 651 g/mol. The van der Waals surface area contributed by atoms with Crippen molar-refractivity contribution >= 4 is 34.4 Å². The van der Waals surface area contributed by atoms with Gasteiger partial charge in [-0.2, -0.15) is 0 Å². The van der Waals surface area contributed by atoms with Crippen molar-refractivity contribution in [2.24, 2.45) is 5.92 Å². The number of aromatic nitrogens is 3. The number of anilines is 1. The van der Waals surface area contributed by atoms with Crippen LogP contribution < -0.4 is 10.2 Å². The molecule has 8 atom stereocenters. The zero-order chi connectivity index (χ0) is 34.6. The summed E-state index contributed by atoms with van der Waals surface area (Å²) in [7, 11) is 0. The first-order valence-electron chi connectivity index (χ1n) is 18.7. The normalized spacial score (nSPS) is 32.4. The fraction of sp³-hybridized carbons (Fsp3) is 0.553. The first-order valence-corrected chi connectivity index (χ1v) is 18.7. The van der Waals surface area contributed by atoms with E-state index in [9.17, 15) is 14.4 Å². The van der Waals surface area contributed by atoms with Crippen molar-refractivity contribution in [3.8, 4) is 0 Å². The molecule has 0 radical (unpaired) electrons. The first kappa shape index (κ1) is 32.5. The highest BCUT2D eigenvalue weighted by Crippen LogP contribution is 2.47. The summed E-state index contributed by atoms with van der Waals surface area (Å²) in [5, 5.41) is 4.25. The number of nitrogens with one attached hydrogen (secondary N) is 2. The fourth-order valence-electron chi connectivity index (χ4n) is 9.79. The smallest absolute Gasteiger partial charge is 0.259 e. The topological polar surface area (TPSA) is 127 Å². The predicted octanol–water partition coefficient (Wildman–Crippen LogP) is 2.61. The van der Waals surface area contributed by atoms with E-state index in [0.29, 0.717) is 45.2 Å². The van der Waals surface area contributed by atoms with E-state index >= 15 is 4.39 Å². The highest BCUT2D eigenvalue weighted by molar-refractivity contribution is 6.20. The van der Waals surface area contributed by atoms with Gasteiger partial charge in [0.25, 0.3) is 5.91 Å². The van der Waals surface area contributed by atoms with E-state index in [-0.39, 0.29) is 60.2 Å². The molecule has 268 valence electrons. The summed E-state index contributed by atoms with van der Waals surface area (Å²) >= 11 is 0. The Balaban J connectivity index is 0.913. The second-order valence-electron chi connectivity index (χ2n) is 15.1. The lowest BCUT2D eigenvalue weighted by molar-refractivity contribution is -0.210. The Kier molecular flexibility index (Phi) is 8.50. The van der Waals surface area contributed by atoms with Crippen molar-refractivity contribution in [3.05, 3.63) is 66.3 Å². The monoisotopic (exact) mass is 696 g/mol. The number of rotatable bonds is 6. The fourth-order valence-corrected chi connectivity index (χ4v) is 9.79. The van der Waals surface area contributed by atoms with Crippen molar-refractivity contribution < 1.29 is 23.5 Å². The van der Waals surface area contributed by atoms with Crippen LogP contribution in [0.3, 0.4) is 0 Å². The van der Waals surface area contributed by atoms with Crippen LogP contribution in [0.15, 0.2) is 60.7 Å². The van der Waals surface area contributed by atoms with Gasteiger partial charge >= 0.3 is 0 Å². The number of morpholine rings is 1. The molecule has 0 spiro atoms. The van der Waals surface area contributed by atoms with Gasteiger partial charge in [-0.15, -0.1) is 0 Å². The van der Waals surface area contributed by atoms with Crippen LogP contribution in [-0.4, -0.2) is 129 Å². The molecular formula is C38H45FN8O4. The number of benzene rings is 1. The van der Waals surface area contributed by atoms with E-state index in [1.54, 1.807) is 23.4 Å². The first-order chi connectivity index (χ1) is 24.9. The molecule has 2 saturated carbocycles. The van der Waals surface area contributed by atoms with E-state index in [1.807, 2.05) is 41.6 Å². The van der Waals surface area contributed by atoms with Crippen LogP contribution in [0.2, 0.25) is 0 Å². The molecule has 2 aromatic heterocycles. The van der Waals surface area contributed by atoms with Gasteiger partial charge in [0.2, 0.25) is 11.9 Å². The number of piperazine rings is 1. The number of aromatic amines is 1. The molecule has 2 amide bonds. The Morgan fingerprint density at radius 2 is 1.78 bits per heavy atom. The van der Waals surface area contributed by atoms with E-state index in [4.69, 9.17) is 4.74 Å². The molecule has 6 aliphatic rings. The molecule has 5 fully saturated rings. The third kappa shape index (κ3) is 5.87. The second-order valence-corrected chi connectivity index (χ2v) is 15.1. The molecule has 6 heterocycles. The van der Waals surface area contributed by atoms with Crippen LogP contribution in [-0.2, 0) is 25.5 Å². The number of carbonyl (C=O) groups is 3. The highest BCUT2D eigenvalue weighted by Gasteiger charge is 2.60. The third-order valence-corrected chi connectivity index (χ3v) is 12.2. The minimum Gasteiger partial charge on any atom is -0.369 e. The molecule has 1 aromatic carbocycles. The SMILES string of the molecule is O=C(Cc1c[nH]c2ccccc12)NC1CCN(C2C(F)CC3C(=O)C(C(=O)N4CCN(c5ncccn5)CC4)=CN4C5CCCCC5OC2C34)C1. The van der Waals surface area contributed by atoms with Gasteiger partial charge in [0.05, 0.1) is 42.3 Å². The van der Waals surface area contributed by atoms with Crippen molar-refractivity contribution in [3.63, 3.8) is 0 Å². The number of ketones is 1. The van der Waals surface area contributed by atoms with Crippen molar-refractivity contribution in [2.75, 3.05) is 44.2 Å². The summed E-state index contributed by atoms with van der Waals surface area (Å²) in [5.41, 5.74) is 2.13. The third-order valence-electron chi connectivity index (χ3n) is 12.2. The molecule has 12 nitrogen and oxygen atoms in total. The van der Waals surface area contributed by atoms with Gasteiger partial charge in [0.1, 0.15) is 6.17 Å². The van der Waals surface area contributed by atoms with Crippen LogP contribution >= 0.6 is 0 Å². The minimum atomic E-state index is -1.30. The van der Waals surface area contributed by atoms with Gasteiger partial charge < -0.3 is 29.7 Å². The van der Waals surface area contributed by atoms with Crippen LogP contribution in [0.4, 0.5) is 10.3 Å². The standard InChI is InChI=1S/C38H45FN8O4/c39-28-19-26-33-36(34(28)46-13-10-24(21-46)43-32(48)18-23-20-42-29-7-2-1-6-25(23)29)51-31-9-4-3-8-30(31)47(33)22-27(35(26)49)37(50)44-14-16-45(17-15-44)38-40-11-5-12-41-38/h1-2,5-7,11-12,20,22,24,26,28,30-31,33-34,36,42H,3-4,8-10,13-19,21H2,(H,43,48). The Hall–Kier alpha value is -4.36. The van der Waals surface area contributed by atoms with Gasteiger partial charge in [-0.3, -0.25) is 19.3 Å². The molecule has 51 heavy (non-hydrogen) atoms. The summed E-state index contributed by atoms with van der Waals surface area (Å²) in [5.74, 6) is -0.603. The maximum absolute atomic E-state index is 16.6. The predicted molar refractivity (Wildman–Crippen MR) is 187 cm³/mol. The molecule has 13 heteroatoms. The van der Waals surface area contributed by atoms with Gasteiger partial charge in [0.15, 0.2) is 5.78 Å². The van der Waals surface area contributed by atoms with Crippen LogP contribution in [0.25, 0.3) is 10.9 Å². The van der Waals surface area contributed by atoms with Crippen molar-refractivity contribution in [1.29, 1.82) is 0 Å². The lowest BCUT2D eigenvalue weighted by Crippen LogP contribution is -2.73. The zero-order valence-electron chi connectivity index (χ0n) is 28.7. The number of Topliss-reactive ketones (excluding diaryl/α,β-unsaturated/α-hetero) is 1. The highest BCUT2D eigenvalue weighted by atomic mass is 19.1. The molecule has 8 unspecified atom stereocenters. The van der Waals surface area contributed by atoms with E-state index in [2.05, 4.69) is 30.1 Å². The molecule has 3 saturated heterocycles. The Morgan fingerprint density at radius 3 is 2.63 bits per heavy atom. The Morgan fingerprint density at radius 1 is 0.980 bits per heavy atom. The Bertz CT molecular complexity index is 1830. The lowest BCUT2D eigenvalue weighted by atomic mass is 9.69. The van der Waals surface area contributed by atoms with Gasteiger partial charge in [-0.25, -0.2) is 14.4 Å². The Labute approximate surface area is 296 Å². The van der Waals surface area contributed by atoms with Crippen LogP contribution in [0, 0.1) is 5.92 Å². The number of nitrogens with zero attached hydrogens (tertiary/aromatic N) is 6. The number of fused-ring (bicyclic) bond motifs is 3. The van der Waals surface area contributed by atoms with E-state index in [1.165, 1.54) is 0 Å². The van der Waals surface area contributed by atoms with Crippen LogP contribution in [0.1, 0.15) is 44.1 Å². The lowest BCUT2D eigenvalue weighted by Gasteiger charge is -2.60. The van der Waals surface area contributed by atoms with Crippen molar-refractivity contribution in [1.82, 2.24) is 35.0 Å². The number of ether oxygens (including phenoxy) is 1. The average molecular weight is 697 g/mol. The second kappa shape index (κ2) is 13.3. The molecule has 2 N–H and O–H groups in total. The molecule has 4 aliphatic heterocycles. The summed E-state index contributed by atoms with van der Waals surface area (Å²) in [6.45, 7) is 3.22. The van der Waals surface area contributed by atoms with Crippen molar-refractivity contribution in [2.45, 2.75) is 87.5 Å². The molecule has 0 bridgehead atoms. The summed E-state index contributed by atoms with van der Waals surface area (Å²) in [4.78, 5) is 61.5. The summed E-state index contributed by atoms with van der Waals surface area (Å²) < 4.78 is 23.5. The number of halogens is 1. The molecule has 9 rings (SSSR count). The number of hydrogen-bond donors (Lipinski definition) is 2. The number of carbonyl (C=O) groups excluding carboxylic acids is 3. The van der Waals surface area contributed by atoms with Gasteiger partial charge in [0, 0.05) is 86.9 Å². The summed E-state index contributed by atoms with van der Waals surface area (Å²) in [6.07, 6.45) is 10.2. The largest absolute Gasteiger partial charge is 0.369 e. The zero-order valence-corrected chi connectivity index (χ0v) is 28.7. The summed E-state index contributed by atoms with van der Waals surface area (Å²) in [6, 6.07) is 8.82. The number of likely N-dealkylation sites (tertiary alicyclic amines) is 1. The maximum Gasteiger partial charge on any atom is 0.259 e. The minimum absolute atomic E-state index is 0.0488. The van der Waals surface area contributed by atoms with E-state index < -0.39 is 24.2 Å². The number of hydrogen-bond acceptors (Lipinski definition) is 9. The van der Waals surface area contributed by atoms with Crippen LogP contribution in [0.5, 0.6) is 0 Å². The number of amides is 2.